The van der Waals surface area contributed by atoms with Gasteiger partial charge in [-0.15, -0.1) is 0 Å². The van der Waals surface area contributed by atoms with Crippen LogP contribution in [-0.2, 0) is 6.54 Å². The second kappa shape index (κ2) is 5.88. The van der Waals surface area contributed by atoms with Crippen LogP contribution in [0.2, 0.25) is 29.6 Å². The first-order chi connectivity index (χ1) is 10.1. The van der Waals surface area contributed by atoms with Crippen molar-refractivity contribution < 1.29 is 0 Å². The number of aryl methyl sites for hydroxylation is 1. The van der Waals surface area contributed by atoms with Crippen LogP contribution in [0.25, 0.3) is 20.7 Å². The van der Waals surface area contributed by atoms with Gasteiger partial charge < -0.3 is 0 Å². The zero-order valence-electron chi connectivity index (χ0n) is 14.6. The molecular weight excluding hydrogens is 524 g/mol. The van der Waals surface area contributed by atoms with Gasteiger partial charge in [0.2, 0.25) is 0 Å². The summed E-state index contributed by atoms with van der Waals surface area (Å²) in [6.07, 6.45) is 1.14. The number of rotatable bonds is 4. The molecule has 0 saturated carbocycles. The summed E-state index contributed by atoms with van der Waals surface area (Å²) in [5.41, 5.74) is 2.41. The van der Waals surface area contributed by atoms with Crippen LogP contribution in [0.5, 0.6) is 0 Å². The summed E-state index contributed by atoms with van der Waals surface area (Å²) in [6, 6.07) is 0. The number of nitrogens with zero attached hydrogens (tertiary/aromatic N) is 3. The molecule has 0 aliphatic heterocycles. The van der Waals surface area contributed by atoms with E-state index in [0.29, 0.717) is 0 Å². The predicted octanol–water partition coefficient (Wildman–Crippen LogP) is 4.21. The van der Waals surface area contributed by atoms with E-state index in [-0.39, 0.29) is 0 Å². The third-order valence-electron chi connectivity index (χ3n) is 3.67. The zero-order valence-corrected chi connectivity index (χ0v) is 21.9. The maximum atomic E-state index is 5.06. The second-order valence-electron chi connectivity index (χ2n) is 8.00. The standard InChI is InChI=1S/C9H7N3S2.6CH3.2Sn/c1-2-3-12-8-6(13-4-10-8)7-9(12)11-5-14-7;;;;;;;;/h2-3H2,1H3;6*1H3;;. The number of hydrogen-bond acceptors (Lipinski definition) is 4. The number of fused-ring (bicyclic) bond motifs is 3. The van der Waals surface area contributed by atoms with Crippen LogP contribution in [-0.4, -0.2) is 51.3 Å². The summed E-state index contributed by atoms with van der Waals surface area (Å²) >= 11 is -0.286. The fourth-order valence-electron chi connectivity index (χ4n) is 2.46. The summed E-state index contributed by atoms with van der Waals surface area (Å²) < 4.78 is 8.09. The van der Waals surface area contributed by atoms with Crippen molar-refractivity contribution in [1.82, 2.24) is 14.5 Å². The summed E-state index contributed by atoms with van der Waals surface area (Å²) in [5, 5.41) is 0. The molecule has 0 aliphatic carbocycles. The maximum absolute atomic E-state index is 5.06. The van der Waals surface area contributed by atoms with Gasteiger partial charge in [-0.1, -0.05) is 0 Å². The first-order valence-electron chi connectivity index (χ1n) is 7.93. The average Bonchev–Trinajstić information content (AvgIpc) is 3.01. The van der Waals surface area contributed by atoms with Gasteiger partial charge in [-0.05, 0) is 0 Å². The van der Waals surface area contributed by atoms with Gasteiger partial charge in [-0.3, -0.25) is 0 Å². The van der Waals surface area contributed by atoms with E-state index in [2.05, 4.69) is 41.1 Å². The van der Waals surface area contributed by atoms with E-state index in [1.165, 1.54) is 26.7 Å². The minimum atomic E-state index is -2.10. The van der Waals surface area contributed by atoms with E-state index >= 15 is 0 Å². The third kappa shape index (κ3) is 2.99. The second-order valence-corrected chi connectivity index (χ2v) is 40.5. The van der Waals surface area contributed by atoms with Crippen LogP contribution < -0.4 is 6.05 Å². The molecule has 22 heavy (non-hydrogen) atoms. The molecule has 0 radical (unpaired) electrons. The van der Waals surface area contributed by atoms with E-state index in [0.717, 1.165) is 13.0 Å². The predicted molar refractivity (Wildman–Crippen MR) is 107 cm³/mol. The van der Waals surface area contributed by atoms with Crippen molar-refractivity contribution in [1.29, 1.82) is 0 Å². The molecule has 3 rings (SSSR count). The summed E-state index contributed by atoms with van der Waals surface area (Å²) in [4.78, 5) is 24.9. The molecule has 3 heterocycles. The third-order valence-corrected chi connectivity index (χ3v) is 23.5. The fraction of sp³-hybridized carbons (Fsp3) is 0.600. The Balaban J connectivity index is 2.31. The molecule has 0 unspecified atom stereocenters. The first-order valence-corrected chi connectivity index (χ1v) is 29.5. The van der Waals surface area contributed by atoms with E-state index in [1.807, 2.05) is 22.7 Å². The monoisotopic (exact) mass is 551 g/mol. The molecule has 0 fully saturated rings. The molecule has 0 aromatic carbocycles. The average molecular weight is 549 g/mol. The molecule has 3 aromatic heterocycles. The van der Waals surface area contributed by atoms with Gasteiger partial charge in [0.05, 0.1) is 0 Å². The number of thiazole rings is 2. The summed E-state index contributed by atoms with van der Waals surface area (Å²) in [5.74, 6) is 0. The van der Waals surface area contributed by atoms with Crippen molar-refractivity contribution in [2.24, 2.45) is 0 Å². The van der Waals surface area contributed by atoms with Crippen LogP contribution in [0.1, 0.15) is 13.3 Å². The van der Waals surface area contributed by atoms with Gasteiger partial charge in [-0.25, -0.2) is 0 Å². The van der Waals surface area contributed by atoms with Crippen LogP contribution in [0.15, 0.2) is 0 Å². The van der Waals surface area contributed by atoms with Crippen molar-refractivity contribution >= 4 is 86.2 Å². The normalized spacial score (nSPS) is 13.6. The molecule has 0 atom stereocenters. The van der Waals surface area contributed by atoms with Gasteiger partial charge in [0, 0.05) is 0 Å². The van der Waals surface area contributed by atoms with Gasteiger partial charge in [0.1, 0.15) is 0 Å². The Labute approximate surface area is 148 Å². The van der Waals surface area contributed by atoms with Crippen LogP contribution in [0.3, 0.4) is 0 Å². The Hall–Kier alpha value is 0.657. The van der Waals surface area contributed by atoms with Crippen molar-refractivity contribution in [3.8, 4) is 0 Å². The molecule has 3 nitrogen and oxygen atoms in total. The zero-order chi connectivity index (χ0) is 16.3. The van der Waals surface area contributed by atoms with Crippen molar-refractivity contribution in [3.05, 3.63) is 0 Å². The Morgan fingerprint density at radius 2 is 1.23 bits per heavy atom. The fourth-order valence-corrected chi connectivity index (χ4v) is 14.3. The van der Waals surface area contributed by atoms with Gasteiger partial charge in [0.15, 0.2) is 0 Å². The number of hydrogen-bond donors (Lipinski definition) is 0. The van der Waals surface area contributed by atoms with E-state index in [4.69, 9.17) is 9.97 Å². The molecule has 0 bridgehead atoms. The van der Waals surface area contributed by atoms with Crippen molar-refractivity contribution in [2.45, 2.75) is 49.5 Å². The van der Waals surface area contributed by atoms with Gasteiger partial charge in [0.25, 0.3) is 0 Å². The molecule has 0 N–H and O–H groups in total. The van der Waals surface area contributed by atoms with Crippen molar-refractivity contribution in [2.75, 3.05) is 0 Å². The number of aromatic nitrogens is 3. The van der Waals surface area contributed by atoms with Gasteiger partial charge in [-0.2, -0.15) is 0 Å². The van der Waals surface area contributed by atoms with Crippen LogP contribution >= 0.6 is 22.7 Å². The molecule has 0 amide bonds. The van der Waals surface area contributed by atoms with Crippen LogP contribution in [0.4, 0.5) is 0 Å². The SMILES string of the molecule is CCCn1c2n[c]([Sn]([CH3])([CH3])[CH3])sc2c2s[c]([Sn]([CH3])([CH3])[CH3])nc21. The Bertz CT molecular complexity index is 765. The Morgan fingerprint density at radius 1 is 0.818 bits per heavy atom. The molecular formula is C15H25N3S2Sn2. The van der Waals surface area contributed by atoms with E-state index in [9.17, 15) is 0 Å². The molecule has 0 spiro atoms. The quantitative estimate of drug-likeness (QED) is 0.458. The Kier molecular flexibility index (Phi) is 4.67. The minimum absolute atomic E-state index is 1.03. The Morgan fingerprint density at radius 3 is 1.55 bits per heavy atom. The van der Waals surface area contributed by atoms with Gasteiger partial charge >= 0.3 is 150 Å². The molecule has 0 aliphatic rings. The summed E-state index contributed by atoms with van der Waals surface area (Å²) in [6.45, 7) is 3.27. The molecule has 0 saturated heterocycles. The molecule has 120 valence electrons. The first kappa shape index (κ1) is 17.5. The topological polar surface area (TPSA) is 30.7 Å². The van der Waals surface area contributed by atoms with E-state index in [1.54, 1.807) is 0 Å². The van der Waals surface area contributed by atoms with Crippen LogP contribution in [0, 0.1) is 0 Å². The van der Waals surface area contributed by atoms with E-state index < -0.39 is 36.8 Å². The summed E-state index contributed by atoms with van der Waals surface area (Å²) in [7, 11) is 0. The van der Waals surface area contributed by atoms with Crippen molar-refractivity contribution in [3.63, 3.8) is 0 Å². The molecule has 3 aromatic rings. The molecule has 7 heteroatoms.